The second-order valence-electron chi connectivity index (χ2n) is 7.62. The highest BCUT2D eigenvalue weighted by atomic mass is 19.1. The molecule has 0 fully saturated rings. The molecule has 0 radical (unpaired) electrons. The van der Waals surface area contributed by atoms with Crippen molar-refractivity contribution < 1.29 is 33.4 Å². The summed E-state index contributed by atoms with van der Waals surface area (Å²) < 4.78 is 25.3. The molecular weight excluding hydrogens is 447 g/mol. The SMILES string of the molecule is CN1C(=O)C(NC(=O)n2cc(Cc3cccc(F)c3)cn2)COc2ccc(OCC(=O)O)cc21. The molecule has 11 heteroatoms. The van der Waals surface area contributed by atoms with Crippen LogP contribution >= 0.6 is 0 Å². The van der Waals surface area contributed by atoms with Gasteiger partial charge in [0.25, 0.3) is 5.91 Å². The Morgan fingerprint density at radius 1 is 1.26 bits per heavy atom. The molecule has 1 aliphatic rings. The van der Waals surface area contributed by atoms with E-state index >= 15 is 0 Å². The highest BCUT2D eigenvalue weighted by molar-refractivity contribution is 6.00. The summed E-state index contributed by atoms with van der Waals surface area (Å²) in [6.45, 7) is -0.643. The second-order valence-corrected chi connectivity index (χ2v) is 7.62. The zero-order valence-electron chi connectivity index (χ0n) is 18.1. The largest absolute Gasteiger partial charge is 0.489 e. The van der Waals surface area contributed by atoms with Gasteiger partial charge < -0.3 is 24.8 Å². The van der Waals surface area contributed by atoms with Crippen LogP contribution in [0.2, 0.25) is 0 Å². The summed E-state index contributed by atoms with van der Waals surface area (Å²) in [5, 5.41) is 15.4. The van der Waals surface area contributed by atoms with Gasteiger partial charge in [-0.2, -0.15) is 9.78 Å². The van der Waals surface area contributed by atoms with Crippen LogP contribution in [0.3, 0.4) is 0 Å². The lowest BCUT2D eigenvalue weighted by molar-refractivity contribution is -0.139. The van der Waals surface area contributed by atoms with Crippen molar-refractivity contribution in [2.24, 2.45) is 0 Å². The monoisotopic (exact) mass is 468 g/mol. The van der Waals surface area contributed by atoms with Crippen LogP contribution in [0.15, 0.2) is 54.9 Å². The number of carboxylic acid groups (broad SMARTS) is 1. The quantitative estimate of drug-likeness (QED) is 0.568. The Kier molecular flexibility index (Phi) is 6.44. The zero-order chi connectivity index (χ0) is 24.2. The first kappa shape index (κ1) is 22.8. The summed E-state index contributed by atoms with van der Waals surface area (Å²) in [5.41, 5.74) is 1.81. The number of hydrogen-bond donors (Lipinski definition) is 2. The lowest BCUT2D eigenvalue weighted by Crippen LogP contribution is -2.50. The Morgan fingerprint density at radius 2 is 2.09 bits per heavy atom. The maximum Gasteiger partial charge on any atom is 0.342 e. The maximum atomic E-state index is 13.4. The third-order valence-corrected chi connectivity index (χ3v) is 5.13. The minimum absolute atomic E-state index is 0.116. The molecule has 1 aromatic heterocycles. The summed E-state index contributed by atoms with van der Waals surface area (Å²) >= 11 is 0. The number of aromatic nitrogens is 2. The second kappa shape index (κ2) is 9.61. The van der Waals surface area contributed by atoms with Crippen LogP contribution in [-0.2, 0) is 16.0 Å². The fourth-order valence-corrected chi connectivity index (χ4v) is 3.48. The number of halogens is 1. The van der Waals surface area contributed by atoms with Crippen molar-refractivity contribution in [3.63, 3.8) is 0 Å². The predicted octanol–water partition coefficient (Wildman–Crippen LogP) is 2.06. The Labute approximate surface area is 193 Å². The van der Waals surface area contributed by atoms with Gasteiger partial charge in [-0.1, -0.05) is 12.1 Å². The van der Waals surface area contributed by atoms with Crippen LogP contribution < -0.4 is 19.7 Å². The van der Waals surface area contributed by atoms with Gasteiger partial charge >= 0.3 is 12.0 Å². The lowest BCUT2D eigenvalue weighted by Gasteiger charge is -2.20. The molecular formula is C23H21FN4O6. The summed E-state index contributed by atoms with van der Waals surface area (Å²) in [6, 6.07) is 9.10. The summed E-state index contributed by atoms with van der Waals surface area (Å²) in [4.78, 5) is 37.7. The van der Waals surface area contributed by atoms with Gasteiger partial charge in [-0.05, 0) is 35.4 Å². The van der Waals surface area contributed by atoms with E-state index in [0.29, 0.717) is 23.4 Å². The molecule has 0 aliphatic carbocycles. The molecule has 0 spiro atoms. The number of hydrogen-bond acceptors (Lipinski definition) is 6. The molecule has 1 unspecified atom stereocenters. The number of carboxylic acids is 1. The molecule has 0 saturated heterocycles. The first-order valence-electron chi connectivity index (χ1n) is 10.3. The normalized spacial score (nSPS) is 15.2. The highest BCUT2D eigenvalue weighted by Crippen LogP contribution is 2.34. The van der Waals surface area contributed by atoms with E-state index in [0.717, 1.165) is 10.2 Å². The number of anilines is 1. The number of benzene rings is 2. The zero-order valence-corrected chi connectivity index (χ0v) is 18.1. The van der Waals surface area contributed by atoms with Gasteiger partial charge in [0.2, 0.25) is 0 Å². The Morgan fingerprint density at radius 3 is 2.85 bits per heavy atom. The van der Waals surface area contributed by atoms with Gasteiger partial charge in [-0.3, -0.25) is 4.79 Å². The number of fused-ring (bicyclic) bond motifs is 1. The van der Waals surface area contributed by atoms with E-state index in [4.69, 9.17) is 14.6 Å². The number of nitrogens with zero attached hydrogens (tertiary/aromatic N) is 3. The summed E-state index contributed by atoms with van der Waals surface area (Å²) in [5.74, 6) is -1.27. The summed E-state index contributed by atoms with van der Waals surface area (Å²) in [6.07, 6.45) is 3.39. The molecule has 1 aliphatic heterocycles. The van der Waals surface area contributed by atoms with Gasteiger partial charge in [-0.15, -0.1) is 0 Å². The van der Waals surface area contributed by atoms with Crippen LogP contribution in [0.1, 0.15) is 11.1 Å². The van der Waals surface area contributed by atoms with Gasteiger partial charge in [0.05, 0.1) is 11.9 Å². The third-order valence-electron chi connectivity index (χ3n) is 5.13. The number of likely N-dealkylation sites (N-methyl/N-ethyl adjacent to an activating group) is 1. The molecule has 4 rings (SSSR count). The molecule has 2 amide bonds. The number of aliphatic carboxylic acids is 1. The molecule has 2 heterocycles. The fraction of sp³-hybridized carbons (Fsp3) is 0.217. The number of nitrogens with one attached hydrogen (secondary N) is 1. The lowest BCUT2D eigenvalue weighted by atomic mass is 10.1. The predicted molar refractivity (Wildman–Crippen MR) is 118 cm³/mol. The van der Waals surface area contributed by atoms with E-state index in [2.05, 4.69) is 10.4 Å². The molecule has 1 atom stereocenters. The minimum Gasteiger partial charge on any atom is -0.489 e. The maximum absolute atomic E-state index is 13.4. The average Bonchev–Trinajstić information content (AvgIpc) is 3.24. The van der Waals surface area contributed by atoms with Crippen LogP contribution in [-0.4, -0.2) is 59.1 Å². The first-order chi connectivity index (χ1) is 16.3. The van der Waals surface area contributed by atoms with Crippen LogP contribution in [0.4, 0.5) is 14.9 Å². The van der Waals surface area contributed by atoms with Crippen molar-refractivity contribution in [2.45, 2.75) is 12.5 Å². The Bertz CT molecular complexity index is 1240. The van der Waals surface area contributed by atoms with E-state index in [1.165, 1.54) is 48.6 Å². The van der Waals surface area contributed by atoms with Crippen molar-refractivity contribution in [2.75, 3.05) is 25.2 Å². The molecule has 3 aromatic rings. The smallest absolute Gasteiger partial charge is 0.342 e. The van der Waals surface area contributed by atoms with E-state index < -0.39 is 30.6 Å². The van der Waals surface area contributed by atoms with Crippen molar-refractivity contribution in [3.8, 4) is 11.5 Å². The van der Waals surface area contributed by atoms with E-state index in [9.17, 15) is 18.8 Å². The minimum atomic E-state index is -1.13. The fourth-order valence-electron chi connectivity index (χ4n) is 3.48. The number of rotatable bonds is 6. The average molecular weight is 468 g/mol. The van der Waals surface area contributed by atoms with Crippen LogP contribution in [0.25, 0.3) is 0 Å². The standard InChI is InChI=1S/C23H21FN4O6/c1-27-19-9-17(33-13-21(29)30)5-6-20(19)34-12-18(22(27)31)26-23(32)28-11-15(10-25-28)7-14-3-2-4-16(24)8-14/h2-6,8-11,18H,7,12-13H2,1H3,(H,26,32)(H,29,30). The highest BCUT2D eigenvalue weighted by Gasteiger charge is 2.31. The van der Waals surface area contributed by atoms with Crippen molar-refractivity contribution >= 4 is 23.6 Å². The van der Waals surface area contributed by atoms with E-state index in [1.54, 1.807) is 18.2 Å². The number of carbonyl (C=O) groups is 3. The molecule has 0 saturated carbocycles. The van der Waals surface area contributed by atoms with E-state index in [1.807, 2.05) is 0 Å². The number of carbonyl (C=O) groups excluding carboxylic acids is 2. The summed E-state index contributed by atoms with van der Waals surface area (Å²) in [7, 11) is 1.51. The van der Waals surface area contributed by atoms with Crippen molar-refractivity contribution in [3.05, 3.63) is 71.8 Å². The van der Waals surface area contributed by atoms with Crippen molar-refractivity contribution in [1.29, 1.82) is 0 Å². The number of amides is 2. The Hall–Kier alpha value is -4.41. The molecule has 0 bridgehead atoms. The first-order valence-corrected chi connectivity index (χ1v) is 10.3. The topological polar surface area (TPSA) is 123 Å². The van der Waals surface area contributed by atoms with Crippen LogP contribution in [0.5, 0.6) is 11.5 Å². The number of ether oxygens (including phenoxy) is 2. The molecule has 2 N–H and O–H groups in total. The molecule has 34 heavy (non-hydrogen) atoms. The molecule has 10 nitrogen and oxygen atoms in total. The van der Waals surface area contributed by atoms with Crippen LogP contribution in [0, 0.1) is 5.82 Å². The van der Waals surface area contributed by atoms with E-state index in [-0.39, 0.29) is 18.2 Å². The van der Waals surface area contributed by atoms with Gasteiger partial charge in [0.15, 0.2) is 6.61 Å². The molecule has 176 valence electrons. The van der Waals surface area contributed by atoms with Gasteiger partial charge in [0, 0.05) is 25.7 Å². The van der Waals surface area contributed by atoms with Gasteiger partial charge in [-0.25, -0.2) is 14.0 Å². The third kappa shape index (κ3) is 5.14. The van der Waals surface area contributed by atoms with Gasteiger partial charge in [0.1, 0.15) is 30.0 Å². The Balaban J connectivity index is 1.43. The molecule has 2 aromatic carbocycles. The van der Waals surface area contributed by atoms with Crippen molar-refractivity contribution in [1.82, 2.24) is 15.1 Å².